The number of rotatable bonds is 2. The predicted molar refractivity (Wildman–Crippen MR) is 72.7 cm³/mol. The van der Waals surface area contributed by atoms with E-state index in [9.17, 15) is 0 Å². The molecule has 3 aromatic rings. The van der Waals surface area contributed by atoms with Crippen LogP contribution < -0.4 is 10.5 Å². The lowest BCUT2D eigenvalue weighted by Crippen LogP contribution is -1.88. The van der Waals surface area contributed by atoms with Crippen molar-refractivity contribution in [2.24, 2.45) is 0 Å². The van der Waals surface area contributed by atoms with Crippen molar-refractivity contribution in [1.29, 1.82) is 0 Å². The largest absolute Gasteiger partial charge is 0.455 e. The molecule has 0 aliphatic carbocycles. The van der Waals surface area contributed by atoms with Gasteiger partial charge in [-0.05, 0) is 36.4 Å². The molecule has 3 rings (SSSR count). The molecule has 1 aromatic heterocycles. The molecular formula is C15H12N2O. The van der Waals surface area contributed by atoms with E-state index in [0.717, 1.165) is 28.1 Å². The molecule has 0 aliphatic heterocycles. The zero-order valence-electron chi connectivity index (χ0n) is 9.71. The molecule has 88 valence electrons. The van der Waals surface area contributed by atoms with Gasteiger partial charge in [-0.25, -0.2) is 0 Å². The molecule has 0 saturated carbocycles. The van der Waals surface area contributed by atoms with Crippen LogP contribution in [0.15, 0.2) is 60.8 Å². The molecular weight excluding hydrogens is 224 g/mol. The van der Waals surface area contributed by atoms with Crippen LogP contribution in [0.3, 0.4) is 0 Å². The van der Waals surface area contributed by atoms with E-state index in [0.29, 0.717) is 0 Å². The number of nitrogens with two attached hydrogens (primary N) is 1. The second-order valence-corrected chi connectivity index (χ2v) is 4.00. The molecule has 18 heavy (non-hydrogen) atoms. The first-order chi connectivity index (χ1) is 8.83. The van der Waals surface area contributed by atoms with Crippen LogP contribution >= 0.6 is 0 Å². The maximum atomic E-state index is 5.83. The third-order valence-corrected chi connectivity index (χ3v) is 2.70. The second-order valence-electron chi connectivity index (χ2n) is 4.00. The predicted octanol–water partition coefficient (Wildman–Crippen LogP) is 3.61. The van der Waals surface area contributed by atoms with Gasteiger partial charge in [0.05, 0.1) is 0 Å². The Morgan fingerprint density at radius 3 is 2.50 bits per heavy atom. The van der Waals surface area contributed by atoms with Crippen LogP contribution in [0.2, 0.25) is 0 Å². The molecule has 0 atom stereocenters. The van der Waals surface area contributed by atoms with E-state index in [1.54, 1.807) is 6.20 Å². The van der Waals surface area contributed by atoms with Crippen molar-refractivity contribution in [1.82, 2.24) is 4.98 Å². The van der Waals surface area contributed by atoms with Crippen LogP contribution in [-0.4, -0.2) is 4.98 Å². The number of nitrogens with zero attached hydrogens (tertiary/aromatic N) is 1. The van der Waals surface area contributed by atoms with Crippen LogP contribution in [0.5, 0.6) is 11.5 Å². The number of hydrogen-bond acceptors (Lipinski definition) is 3. The van der Waals surface area contributed by atoms with Crippen molar-refractivity contribution in [3.8, 4) is 11.5 Å². The van der Waals surface area contributed by atoms with E-state index in [1.165, 1.54) is 0 Å². The van der Waals surface area contributed by atoms with Gasteiger partial charge >= 0.3 is 0 Å². The summed E-state index contributed by atoms with van der Waals surface area (Å²) in [6.45, 7) is 0. The smallest absolute Gasteiger partial charge is 0.153 e. The Hall–Kier alpha value is -2.55. The number of ether oxygens (including phenoxy) is 1. The number of fused-ring (bicyclic) bond motifs is 1. The summed E-state index contributed by atoms with van der Waals surface area (Å²) < 4.78 is 5.83. The van der Waals surface area contributed by atoms with Crippen molar-refractivity contribution < 1.29 is 4.74 Å². The first-order valence-electron chi connectivity index (χ1n) is 5.70. The Morgan fingerprint density at radius 2 is 1.67 bits per heavy atom. The summed E-state index contributed by atoms with van der Waals surface area (Å²) in [5.41, 5.74) is 7.22. The summed E-state index contributed by atoms with van der Waals surface area (Å²) in [7, 11) is 0. The van der Waals surface area contributed by atoms with Crippen molar-refractivity contribution in [2.45, 2.75) is 0 Å². The van der Waals surface area contributed by atoms with Crippen molar-refractivity contribution in [3.05, 3.63) is 60.8 Å². The zero-order valence-corrected chi connectivity index (χ0v) is 9.71. The van der Waals surface area contributed by atoms with Crippen LogP contribution in [0.25, 0.3) is 10.9 Å². The molecule has 3 heteroatoms. The maximum absolute atomic E-state index is 5.83. The zero-order chi connectivity index (χ0) is 12.4. The Labute approximate surface area is 105 Å². The van der Waals surface area contributed by atoms with E-state index < -0.39 is 0 Å². The summed E-state index contributed by atoms with van der Waals surface area (Å²) >= 11 is 0. The van der Waals surface area contributed by atoms with Crippen molar-refractivity contribution >= 4 is 16.6 Å². The number of aromatic nitrogens is 1. The highest BCUT2D eigenvalue weighted by Gasteiger charge is 2.03. The standard InChI is InChI=1S/C15H12N2O/c16-12-6-8-13(9-7-12)18-14-5-1-3-11-4-2-10-17-15(11)14/h1-10H,16H2. The third-order valence-electron chi connectivity index (χ3n) is 2.70. The Bertz CT molecular complexity index is 672. The van der Waals surface area contributed by atoms with Gasteiger partial charge < -0.3 is 10.5 Å². The highest BCUT2D eigenvalue weighted by molar-refractivity contribution is 5.84. The Morgan fingerprint density at radius 1 is 0.889 bits per heavy atom. The molecule has 2 aromatic carbocycles. The SMILES string of the molecule is Nc1ccc(Oc2cccc3cccnc23)cc1. The van der Waals surface area contributed by atoms with Gasteiger partial charge in [-0.1, -0.05) is 18.2 Å². The molecule has 0 bridgehead atoms. The second kappa shape index (κ2) is 4.37. The topological polar surface area (TPSA) is 48.1 Å². The summed E-state index contributed by atoms with van der Waals surface area (Å²) in [6.07, 6.45) is 1.76. The van der Waals surface area contributed by atoms with E-state index in [2.05, 4.69) is 4.98 Å². The minimum atomic E-state index is 0.721. The van der Waals surface area contributed by atoms with E-state index >= 15 is 0 Å². The van der Waals surface area contributed by atoms with Crippen molar-refractivity contribution in [2.75, 3.05) is 5.73 Å². The number of nitrogen functional groups attached to an aromatic ring is 1. The number of pyridine rings is 1. The number of hydrogen-bond donors (Lipinski definition) is 1. The van der Waals surface area contributed by atoms with Crippen LogP contribution in [0, 0.1) is 0 Å². The van der Waals surface area contributed by atoms with Gasteiger partial charge in [-0.3, -0.25) is 4.98 Å². The summed E-state index contributed by atoms with van der Waals surface area (Å²) in [5, 5.41) is 1.06. The molecule has 1 heterocycles. The average molecular weight is 236 g/mol. The normalized spacial score (nSPS) is 10.4. The van der Waals surface area contributed by atoms with Gasteiger partial charge in [-0.15, -0.1) is 0 Å². The Balaban J connectivity index is 2.02. The summed E-state index contributed by atoms with van der Waals surface area (Å²) in [5.74, 6) is 1.50. The Kier molecular flexibility index (Phi) is 2.57. The number of anilines is 1. The van der Waals surface area contributed by atoms with Gasteiger partial charge in [0.25, 0.3) is 0 Å². The molecule has 0 aliphatic rings. The monoisotopic (exact) mass is 236 g/mol. The molecule has 2 N–H and O–H groups in total. The van der Waals surface area contributed by atoms with Gasteiger partial charge in [0.2, 0.25) is 0 Å². The van der Waals surface area contributed by atoms with Gasteiger partial charge in [0, 0.05) is 17.3 Å². The highest BCUT2D eigenvalue weighted by Crippen LogP contribution is 2.28. The molecule has 3 nitrogen and oxygen atoms in total. The van der Waals surface area contributed by atoms with Crippen LogP contribution in [-0.2, 0) is 0 Å². The summed E-state index contributed by atoms with van der Waals surface area (Å²) in [4.78, 5) is 4.35. The first kappa shape index (κ1) is 10.6. The quantitative estimate of drug-likeness (QED) is 0.691. The average Bonchev–Trinajstić information content (AvgIpc) is 2.42. The lowest BCUT2D eigenvalue weighted by molar-refractivity contribution is 0.487. The molecule has 0 amide bonds. The molecule has 0 unspecified atom stereocenters. The number of para-hydroxylation sites is 1. The maximum Gasteiger partial charge on any atom is 0.153 e. The fraction of sp³-hybridized carbons (Fsp3) is 0. The van der Waals surface area contributed by atoms with Crippen LogP contribution in [0.1, 0.15) is 0 Å². The lowest BCUT2D eigenvalue weighted by atomic mass is 10.2. The summed E-state index contributed by atoms with van der Waals surface area (Å²) in [6, 6.07) is 17.1. The fourth-order valence-corrected chi connectivity index (χ4v) is 1.82. The molecule has 0 spiro atoms. The third kappa shape index (κ3) is 1.98. The first-order valence-corrected chi connectivity index (χ1v) is 5.70. The van der Waals surface area contributed by atoms with Gasteiger partial charge in [0.1, 0.15) is 11.3 Å². The minimum Gasteiger partial charge on any atom is -0.455 e. The van der Waals surface area contributed by atoms with E-state index in [1.807, 2.05) is 54.6 Å². The number of benzene rings is 2. The van der Waals surface area contributed by atoms with Crippen LogP contribution in [0.4, 0.5) is 5.69 Å². The van der Waals surface area contributed by atoms with E-state index in [-0.39, 0.29) is 0 Å². The van der Waals surface area contributed by atoms with Crippen molar-refractivity contribution in [3.63, 3.8) is 0 Å². The lowest BCUT2D eigenvalue weighted by Gasteiger charge is -2.08. The van der Waals surface area contributed by atoms with Gasteiger partial charge in [-0.2, -0.15) is 0 Å². The molecule has 0 fully saturated rings. The fourth-order valence-electron chi connectivity index (χ4n) is 1.82. The van der Waals surface area contributed by atoms with E-state index in [4.69, 9.17) is 10.5 Å². The molecule has 0 radical (unpaired) electrons. The highest BCUT2D eigenvalue weighted by atomic mass is 16.5. The minimum absolute atomic E-state index is 0.721. The van der Waals surface area contributed by atoms with Gasteiger partial charge in [0.15, 0.2) is 5.75 Å². The molecule has 0 saturated heterocycles.